The number of aromatic nitrogens is 1. The van der Waals surface area contributed by atoms with Crippen molar-refractivity contribution in [1.82, 2.24) is 10.3 Å². The molecule has 2 nitrogen and oxygen atoms in total. The number of fused-ring (bicyclic) bond motifs is 1. The summed E-state index contributed by atoms with van der Waals surface area (Å²) in [6.45, 7) is 0. The Balaban J connectivity index is 2.06. The predicted octanol–water partition coefficient (Wildman–Crippen LogP) is 3.87. The zero-order valence-electron chi connectivity index (χ0n) is 11.6. The summed E-state index contributed by atoms with van der Waals surface area (Å²) in [5, 5.41) is 6.18. The zero-order valence-corrected chi connectivity index (χ0v) is 11.6. The van der Waals surface area contributed by atoms with Gasteiger partial charge in [0.2, 0.25) is 0 Å². The molecule has 0 amide bonds. The first-order valence-electron chi connectivity index (χ1n) is 7.40. The maximum Gasteiger partial charge on any atom is 0.0346 e. The molecular weight excluding hydrogens is 232 g/mol. The maximum absolute atomic E-state index is 4.24. The van der Waals surface area contributed by atoms with Crippen LogP contribution in [0.25, 0.3) is 10.8 Å². The van der Waals surface area contributed by atoms with Gasteiger partial charge in [-0.2, -0.15) is 0 Å². The van der Waals surface area contributed by atoms with E-state index >= 15 is 0 Å². The topological polar surface area (TPSA) is 24.9 Å². The molecule has 1 fully saturated rings. The lowest BCUT2D eigenvalue weighted by Crippen LogP contribution is -2.31. The average Bonchev–Trinajstić information content (AvgIpc) is 2.71. The van der Waals surface area contributed by atoms with E-state index in [0.29, 0.717) is 12.0 Å². The number of likely N-dealkylation sites (N-methyl/N-ethyl adjacent to an activating group) is 1. The highest BCUT2D eigenvalue weighted by molar-refractivity contribution is 5.85. The van der Waals surface area contributed by atoms with E-state index in [-0.39, 0.29) is 0 Å². The Labute approximate surface area is 115 Å². The van der Waals surface area contributed by atoms with Crippen LogP contribution < -0.4 is 5.32 Å². The summed E-state index contributed by atoms with van der Waals surface area (Å²) >= 11 is 0. The van der Waals surface area contributed by atoms with E-state index in [0.717, 1.165) is 0 Å². The molecule has 0 bridgehead atoms. The molecule has 0 saturated heterocycles. The summed E-state index contributed by atoms with van der Waals surface area (Å²) < 4.78 is 0. The second-order valence-corrected chi connectivity index (χ2v) is 5.58. The SMILES string of the molecule is CNC1CCCCCC1c1cccc2cnccc12. The fraction of sp³-hybridized carbons (Fsp3) is 0.471. The quantitative estimate of drug-likeness (QED) is 0.823. The lowest BCUT2D eigenvalue weighted by atomic mass is 9.85. The van der Waals surface area contributed by atoms with Gasteiger partial charge in [0.25, 0.3) is 0 Å². The summed E-state index contributed by atoms with van der Waals surface area (Å²) in [6, 6.07) is 9.43. The second-order valence-electron chi connectivity index (χ2n) is 5.58. The van der Waals surface area contributed by atoms with E-state index in [1.54, 1.807) is 0 Å². The zero-order chi connectivity index (χ0) is 13.1. The first kappa shape index (κ1) is 12.6. The molecule has 3 rings (SSSR count). The molecule has 1 aromatic heterocycles. The molecule has 0 radical (unpaired) electrons. The lowest BCUT2D eigenvalue weighted by molar-refractivity contribution is 0.441. The highest BCUT2D eigenvalue weighted by Gasteiger charge is 2.24. The van der Waals surface area contributed by atoms with E-state index in [1.807, 2.05) is 12.4 Å². The van der Waals surface area contributed by atoms with Crippen LogP contribution in [0.3, 0.4) is 0 Å². The van der Waals surface area contributed by atoms with Crippen molar-refractivity contribution in [3.63, 3.8) is 0 Å². The number of benzene rings is 1. The Morgan fingerprint density at radius 1 is 1.11 bits per heavy atom. The van der Waals surface area contributed by atoms with Crippen LogP contribution in [0.1, 0.15) is 43.6 Å². The van der Waals surface area contributed by atoms with Crippen LogP contribution in [0, 0.1) is 0 Å². The third-order valence-corrected chi connectivity index (χ3v) is 4.50. The van der Waals surface area contributed by atoms with Gasteiger partial charge in [-0.05, 0) is 42.8 Å². The average molecular weight is 254 g/mol. The van der Waals surface area contributed by atoms with Gasteiger partial charge in [0, 0.05) is 23.8 Å². The van der Waals surface area contributed by atoms with Crippen molar-refractivity contribution in [2.75, 3.05) is 7.05 Å². The Kier molecular flexibility index (Phi) is 3.79. The third kappa shape index (κ3) is 2.50. The number of nitrogens with zero attached hydrogens (tertiary/aromatic N) is 1. The van der Waals surface area contributed by atoms with Crippen molar-refractivity contribution in [2.45, 2.75) is 44.1 Å². The monoisotopic (exact) mass is 254 g/mol. The Morgan fingerprint density at radius 3 is 2.89 bits per heavy atom. The van der Waals surface area contributed by atoms with Crippen LogP contribution in [0.4, 0.5) is 0 Å². The van der Waals surface area contributed by atoms with Gasteiger partial charge >= 0.3 is 0 Å². The van der Waals surface area contributed by atoms with Crippen molar-refractivity contribution < 1.29 is 0 Å². The van der Waals surface area contributed by atoms with Gasteiger partial charge in [-0.15, -0.1) is 0 Å². The fourth-order valence-electron chi connectivity index (χ4n) is 3.50. The van der Waals surface area contributed by atoms with Crippen LogP contribution in [0.15, 0.2) is 36.7 Å². The van der Waals surface area contributed by atoms with Crippen LogP contribution in [-0.2, 0) is 0 Å². The molecule has 100 valence electrons. The number of pyridine rings is 1. The lowest BCUT2D eigenvalue weighted by Gasteiger charge is -2.26. The van der Waals surface area contributed by atoms with E-state index < -0.39 is 0 Å². The van der Waals surface area contributed by atoms with Gasteiger partial charge in [-0.25, -0.2) is 0 Å². The van der Waals surface area contributed by atoms with Crippen molar-refractivity contribution in [2.24, 2.45) is 0 Å². The van der Waals surface area contributed by atoms with Gasteiger partial charge in [0.1, 0.15) is 0 Å². The standard InChI is InChI=1S/C17H22N2/c1-18-17-9-4-2-3-7-16(17)15-8-5-6-13-12-19-11-10-14(13)15/h5-6,8,10-12,16-18H,2-4,7,9H2,1H3. The van der Waals surface area contributed by atoms with Crippen LogP contribution in [0.5, 0.6) is 0 Å². The normalized spacial score (nSPS) is 24.3. The molecule has 0 spiro atoms. The summed E-state index contributed by atoms with van der Waals surface area (Å²) in [5.74, 6) is 0.638. The molecule has 1 saturated carbocycles. The van der Waals surface area contributed by atoms with E-state index in [2.05, 4.69) is 41.6 Å². The molecule has 19 heavy (non-hydrogen) atoms. The molecule has 1 heterocycles. The van der Waals surface area contributed by atoms with E-state index in [4.69, 9.17) is 0 Å². The smallest absolute Gasteiger partial charge is 0.0346 e. The largest absolute Gasteiger partial charge is 0.316 e. The minimum atomic E-state index is 0.612. The molecule has 2 heteroatoms. The van der Waals surface area contributed by atoms with Gasteiger partial charge in [0.15, 0.2) is 0 Å². The molecule has 2 atom stereocenters. The summed E-state index contributed by atoms with van der Waals surface area (Å²) in [6.07, 6.45) is 10.6. The van der Waals surface area contributed by atoms with E-state index in [9.17, 15) is 0 Å². The highest BCUT2D eigenvalue weighted by Crippen LogP contribution is 2.35. The molecule has 1 N–H and O–H groups in total. The number of nitrogens with one attached hydrogen (secondary N) is 1. The third-order valence-electron chi connectivity index (χ3n) is 4.50. The van der Waals surface area contributed by atoms with Gasteiger partial charge < -0.3 is 5.32 Å². The van der Waals surface area contributed by atoms with Gasteiger partial charge in [0.05, 0.1) is 0 Å². The number of hydrogen-bond acceptors (Lipinski definition) is 2. The number of rotatable bonds is 2. The summed E-state index contributed by atoms with van der Waals surface area (Å²) in [4.78, 5) is 4.24. The van der Waals surface area contributed by atoms with Crippen LogP contribution in [-0.4, -0.2) is 18.1 Å². The molecule has 0 aliphatic heterocycles. The van der Waals surface area contributed by atoms with Crippen LogP contribution >= 0.6 is 0 Å². The Morgan fingerprint density at radius 2 is 2.00 bits per heavy atom. The van der Waals surface area contributed by atoms with Crippen molar-refractivity contribution in [3.8, 4) is 0 Å². The molecule has 1 aliphatic rings. The van der Waals surface area contributed by atoms with Gasteiger partial charge in [-0.1, -0.05) is 37.5 Å². The summed E-state index contributed by atoms with van der Waals surface area (Å²) in [5.41, 5.74) is 1.50. The first-order valence-corrected chi connectivity index (χ1v) is 7.40. The molecule has 1 aliphatic carbocycles. The maximum atomic E-state index is 4.24. The molecular formula is C17H22N2. The van der Waals surface area contributed by atoms with Crippen molar-refractivity contribution >= 4 is 10.8 Å². The first-order chi connectivity index (χ1) is 9.40. The number of hydrogen-bond donors (Lipinski definition) is 1. The minimum absolute atomic E-state index is 0.612. The minimum Gasteiger partial charge on any atom is -0.316 e. The molecule has 1 aromatic carbocycles. The Bertz CT molecular complexity index is 544. The molecule has 2 unspecified atom stereocenters. The summed E-state index contributed by atoms with van der Waals surface area (Å²) in [7, 11) is 2.11. The second kappa shape index (κ2) is 5.70. The van der Waals surface area contributed by atoms with E-state index in [1.165, 1.54) is 48.4 Å². The van der Waals surface area contributed by atoms with Crippen molar-refractivity contribution in [3.05, 3.63) is 42.2 Å². The molecule has 2 aromatic rings. The van der Waals surface area contributed by atoms with Gasteiger partial charge in [-0.3, -0.25) is 4.98 Å². The Hall–Kier alpha value is -1.41. The van der Waals surface area contributed by atoms with Crippen molar-refractivity contribution in [1.29, 1.82) is 0 Å². The predicted molar refractivity (Wildman–Crippen MR) is 80.4 cm³/mol. The fourth-order valence-corrected chi connectivity index (χ4v) is 3.50. The van der Waals surface area contributed by atoms with Crippen LogP contribution in [0.2, 0.25) is 0 Å². The highest BCUT2D eigenvalue weighted by atomic mass is 14.9.